The fourth-order valence-corrected chi connectivity index (χ4v) is 2.42. The largest absolute Gasteiger partial charge is 0.497 e. The molecule has 138 valence electrons. The van der Waals surface area contributed by atoms with Crippen molar-refractivity contribution in [3.8, 4) is 17.3 Å². The smallest absolute Gasteiger partial charge is 0.276 e. The second kappa shape index (κ2) is 8.13. The summed E-state index contributed by atoms with van der Waals surface area (Å²) in [7, 11) is 3.00. The molecule has 0 saturated carbocycles. The van der Waals surface area contributed by atoms with Crippen LogP contribution in [0.4, 0.5) is 0 Å². The fraction of sp³-hybridized carbons (Fsp3) is 0.158. The van der Waals surface area contributed by atoms with Crippen LogP contribution >= 0.6 is 0 Å². The number of pyridine rings is 1. The molecule has 3 rings (SSSR count). The Bertz CT molecular complexity index is 985. The molecule has 2 heterocycles. The Morgan fingerprint density at radius 2 is 1.78 bits per heavy atom. The lowest BCUT2D eigenvalue weighted by Gasteiger charge is -2.13. The van der Waals surface area contributed by atoms with Gasteiger partial charge in [0.25, 0.3) is 5.91 Å². The SMILES string of the molecule is COc1ccc(-n2nc(C(=O)NCc3ccncc3)c(=O)cc2OC)cc1. The summed E-state index contributed by atoms with van der Waals surface area (Å²) in [6.07, 6.45) is 3.26. The molecule has 3 aromatic rings. The normalized spacial score (nSPS) is 10.3. The second-order valence-electron chi connectivity index (χ2n) is 5.55. The van der Waals surface area contributed by atoms with Crippen molar-refractivity contribution in [2.75, 3.05) is 14.2 Å². The number of aromatic nitrogens is 3. The fourth-order valence-electron chi connectivity index (χ4n) is 2.42. The number of methoxy groups -OCH3 is 2. The average molecular weight is 366 g/mol. The average Bonchev–Trinajstić information content (AvgIpc) is 2.72. The Hall–Kier alpha value is -3.68. The Labute approximate surface area is 155 Å². The van der Waals surface area contributed by atoms with E-state index in [1.165, 1.54) is 17.9 Å². The predicted molar refractivity (Wildman–Crippen MR) is 98.3 cm³/mol. The summed E-state index contributed by atoms with van der Waals surface area (Å²) in [4.78, 5) is 28.7. The van der Waals surface area contributed by atoms with Gasteiger partial charge in [-0.05, 0) is 42.0 Å². The molecule has 2 aromatic heterocycles. The monoisotopic (exact) mass is 366 g/mol. The van der Waals surface area contributed by atoms with E-state index in [2.05, 4.69) is 15.4 Å². The van der Waals surface area contributed by atoms with Gasteiger partial charge in [-0.2, -0.15) is 5.10 Å². The Morgan fingerprint density at radius 3 is 2.41 bits per heavy atom. The van der Waals surface area contributed by atoms with Crippen molar-refractivity contribution in [3.63, 3.8) is 0 Å². The molecule has 8 heteroatoms. The summed E-state index contributed by atoms with van der Waals surface area (Å²) in [6.45, 7) is 0.261. The molecule has 1 aromatic carbocycles. The van der Waals surface area contributed by atoms with Crippen LogP contribution < -0.4 is 20.2 Å². The minimum absolute atomic E-state index is 0.218. The maximum absolute atomic E-state index is 12.5. The van der Waals surface area contributed by atoms with Crippen molar-refractivity contribution < 1.29 is 14.3 Å². The molecular formula is C19H18N4O4. The molecule has 0 bridgehead atoms. The van der Waals surface area contributed by atoms with Crippen molar-refractivity contribution in [2.45, 2.75) is 6.54 Å². The summed E-state index contributed by atoms with van der Waals surface area (Å²) >= 11 is 0. The maximum atomic E-state index is 12.5. The lowest BCUT2D eigenvalue weighted by Crippen LogP contribution is -2.31. The number of carbonyl (C=O) groups excluding carboxylic acids is 1. The van der Waals surface area contributed by atoms with E-state index >= 15 is 0 Å². The van der Waals surface area contributed by atoms with Crippen LogP contribution in [0.3, 0.4) is 0 Å². The number of nitrogens with zero attached hydrogens (tertiary/aromatic N) is 3. The summed E-state index contributed by atoms with van der Waals surface area (Å²) in [5, 5.41) is 6.88. The molecule has 1 amide bonds. The van der Waals surface area contributed by atoms with E-state index in [1.54, 1.807) is 55.9 Å². The topological polar surface area (TPSA) is 95.3 Å². The van der Waals surface area contributed by atoms with Gasteiger partial charge >= 0.3 is 0 Å². The van der Waals surface area contributed by atoms with Crippen LogP contribution in [0.15, 0.2) is 59.7 Å². The van der Waals surface area contributed by atoms with Gasteiger partial charge < -0.3 is 14.8 Å². The maximum Gasteiger partial charge on any atom is 0.276 e. The van der Waals surface area contributed by atoms with Crippen LogP contribution in [-0.2, 0) is 6.54 Å². The van der Waals surface area contributed by atoms with E-state index in [-0.39, 0.29) is 18.1 Å². The van der Waals surface area contributed by atoms with E-state index in [1.807, 2.05) is 0 Å². The molecule has 8 nitrogen and oxygen atoms in total. The van der Waals surface area contributed by atoms with Gasteiger partial charge in [0, 0.05) is 18.9 Å². The predicted octanol–water partition coefficient (Wildman–Crippen LogP) is 1.57. The van der Waals surface area contributed by atoms with E-state index in [9.17, 15) is 9.59 Å². The highest BCUT2D eigenvalue weighted by molar-refractivity contribution is 5.92. The van der Waals surface area contributed by atoms with Crippen LogP contribution in [0.5, 0.6) is 11.6 Å². The minimum Gasteiger partial charge on any atom is -0.497 e. The third-order valence-electron chi connectivity index (χ3n) is 3.84. The molecule has 0 saturated heterocycles. The molecule has 0 atom stereocenters. The molecule has 0 fully saturated rings. The minimum atomic E-state index is -0.568. The number of rotatable bonds is 6. The third kappa shape index (κ3) is 4.12. The van der Waals surface area contributed by atoms with Crippen molar-refractivity contribution in [3.05, 3.63) is 76.3 Å². The highest BCUT2D eigenvalue weighted by Gasteiger charge is 2.17. The van der Waals surface area contributed by atoms with Gasteiger partial charge in [0.1, 0.15) is 5.75 Å². The Balaban J connectivity index is 1.91. The number of carbonyl (C=O) groups is 1. The number of hydrogen-bond acceptors (Lipinski definition) is 6. The molecule has 0 aliphatic carbocycles. The third-order valence-corrected chi connectivity index (χ3v) is 3.84. The summed E-state index contributed by atoms with van der Waals surface area (Å²) < 4.78 is 11.8. The highest BCUT2D eigenvalue weighted by atomic mass is 16.5. The van der Waals surface area contributed by atoms with Crippen molar-refractivity contribution >= 4 is 5.91 Å². The van der Waals surface area contributed by atoms with Crippen LogP contribution in [0.2, 0.25) is 0 Å². The summed E-state index contributed by atoms with van der Waals surface area (Å²) in [5.41, 5.74) is 0.739. The zero-order valence-electron chi connectivity index (χ0n) is 14.9. The van der Waals surface area contributed by atoms with E-state index in [0.29, 0.717) is 11.4 Å². The molecule has 27 heavy (non-hydrogen) atoms. The molecule has 1 N–H and O–H groups in total. The lowest BCUT2D eigenvalue weighted by molar-refractivity contribution is 0.0942. The van der Waals surface area contributed by atoms with Crippen LogP contribution in [-0.4, -0.2) is 34.9 Å². The number of benzene rings is 1. The molecule has 0 aliphatic rings. The highest BCUT2D eigenvalue weighted by Crippen LogP contribution is 2.18. The zero-order valence-corrected chi connectivity index (χ0v) is 14.9. The van der Waals surface area contributed by atoms with Gasteiger partial charge in [0.2, 0.25) is 11.3 Å². The Morgan fingerprint density at radius 1 is 1.07 bits per heavy atom. The Kier molecular flexibility index (Phi) is 5.46. The van der Waals surface area contributed by atoms with Gasteiger partial charge in [0.15, 0.2) is 5.69 Å². The lowest BCUT2D eigenvalue weighted by atomic mass is 10.2. The number of ether oxygens (including phenoxy) is 2. The first-order valence-electron chi connectivity index (χ1n) is 8.12. The van der Waals surface area contributed by atoms with Crippen molar-refractivity contribution in [1.29, 1.82) is 0 Å². The van der Waals surface area contributed by atoms with Crippen LogP contribution in [0, 0.1) is 0 Å². The molecule has 0 radical (unpaired) electrons. The van der Waals surface area contributed by atoms with Gasteiger partial charge in [0.05, 0.1) is 26.0 Å². The van der Waals surface area contributed by atoms with E-state index in [0.717, 1.165) is 5.56 Å². The molecule has 0 aliphatic heterocycles. The first kappa shape index (κ1) is 18.1. The van der Waals surface area contributed by atoms with Gasteiger partial charge in [-0.25, -0.2) is 4.68 Å². The van der Waals surface area contributed by atoms with Crippen molar-refractivity contribution in [1.82, 2.24) is 20.1 Å². The standard InChI is InChI=1S/C19H18N4O4/c1-26-15-5-3-14(4-6-15)23-17(27-2)11-16(24)18(22-23)19(25)21-12-13-7-9-20-10-8-13/h3-11H,12H2,1-2H3,(H,21,25). The van der Waals surface area contributed by atoms with Gasteiger partial charge in [-0.15, -0.1) is 0 Å². The summed E-state index contributed by atoms with van der Waals surface area (Å²) in [5.74, 6) is 0.326. The second-order valence-corrected chi connectivity index (χ2v) is 5.55. The van der Waals surface area contributed by atoms with E-state index in [4.69, 9.17) is 9.47 Å². The molecular weight excluding hydrogens is 348 g/mol. The molecule has 0 spiro atoms. The zero-order chi connectivity index (χ0) is 19.2. The molecule has 0 unspecified atom stereocenters. The van der Waals surface area contributed by atoms with Gasteiger partial charge in [-0.3, -0.25) is 14.6 Å². The first-order valence-corrected chi connectivity index (χ1v) is 8.12. The van der Waals surface area contributed by atoms with Crippen LogP contribution in [0.25, 0.3) is 5.69 Å². The quantitative estimate of drug-likeness (QED) is 0.712. The number of nitrogens with one attached hydrogen (secondary N) is 1. The first-order chi connectivity index (χ1) is 13.1. The van der Waals surface area contributed by atoms with Crippen molar-refractivity contribution in [2.24, 2.45) is 0 Å². The number of hydrogen-bond donors (Lipinski definition) is 1. The van der Waals surface area contributed by atoms with Crippen LogP contribution in [0.1, 0.15) is 16.1 Å². The van der Waals surface area contributed by atoms with Gasteiger partial charge in [-0.1, -0.05) is 0 Å². The number of amides is 1. The summed E-state index contributed by atoms with van der Waals surface area (Å²) in [6, 6.07) is 11.8. The van der Waals surface area contributed by atoms with E-state index < -0.39 is 11.3 Å².